The molecule has 0 saturated heterocycles. The topological polar surface area (TPSA) is 44.7 Å². The number of nitrogens with one attached hydrogen (secondary N) is 1. The minimum Gasteiger partial charge on any atom is -0.356 e. The lowest BCUT2D eigenvalue weighted by Gasteiger charge is -2.21. The summed E-state index contributed by atoms with van der Waals surface area (Å²) in [5, 5.41) is 4.03. The van der Waals surface area contributed by atoms with E-state index in [1.54, 1.807) is 11.8 Å². The molecule has 1 rings (SSSR count). The molecule has 1 aliphatic rings. The van der Waals surface area contributed by atoms with E-state index < -0.39 is 0 Å². The third-order valence-electron chi connectivity index (χ3n) is 2.56. The molecule has 1 heterocycles. The molecule has 5 heteroatoms. The normalized spacial score (nSPS) is 20.2. The van der Waals surface area contributed by atoms with Crippen LogP contribution in [0.1, 0.15) is 20.8 Å². The molecule has 4 nitrogen and oxygen atoms in total. The van der Waals surface area contributed by atoms with E-state index in [0.29, 0.717) is 12.5 Å². The molecule has 92 valence electrons. The number of nitrogens with zero attached hydrogens (tertiary/aromatic N) is 2. The second-order valence-corrected chi connectivity index (χ2v) is 4.99. The molecule has 0 aliphatic carbocycles. The first kappa shape index (κ1) is 13.4. The van der Waals surface area contributed by atoms with Gasteiger partial charge in [0, 0.05) is 25.4 Å². The highest BCUT2D eigenvalue weighted by atomic mass is 32.2. The van der Waals surface area contributed by atoms with Crippen LogP contribution in [0.15, 0.2) is 4.99 Å². The fourth-order valence-electron chi connectivity index (χ4n) is 1.50. The fourth-order valence-corrected chi connectivity index (χ4v) is 2.39. The minimum absolute atomic E-state index is 0.145. The Morgan fingerprint density at radius 3 is 2.75 bits per heavy atom. The van der Waals surface area contributed by atoms with Gasteiger partial charge in [-0.25, -0.2) is 0 Å². The van der Waals surface area contributed by atoms with Crippen LogP contribution in [-0.2, 0) is 4.79 Å². The third-order valence-corrected chi connectivity index (χ3v) is 3.84. The van der Waals surface area contributed by atoms with Crippen molar-refractivity contribution in [2.45, 2.75) is 20.8 Å². The maximum atomic E-state index is 11.7. The maximum absolute atomic E-state index is 11.7. The maximum Gasteiger partial charge on any atom is 0.241 e. The van der Waals surface area contributed by atoms with Crippen molar-refractivity contribution in [1.82, 2.24) is 10.2 Å². The standard InChI is InChI=1S/C11H21N3OS/c1-4-14(5-2)10(15)7-13-11-12-6-9(3)8-16-11/h9H,4-8H2,1-3H3,(H,12,13). The summed E-state index contributed by atoms with van der Waals surface area (Å²) in [5.74, 6) is 1.88. The average Bonchev–Trinajstić information content (AvgIpc) is 2.30. The smallest absolute Gasteiger partial charge is 0.241 e. The zero-order valence-electron chi connectivity index (χ0n) is 10.3. The van der Waals surface area contributed by atoms with Gasteiger partial charge in [-0.2, -0.15) is 0 Å². The Hall–Kier alpha value is -0.710. The van der Waals surface area contributed by atoms with Gasteiger partial charge in [0.05, 0.1) is 6.54 Å². The summed E-state index contributed by atoms with van der Waals surface area (Å²) in [6, 6.07) is 0. The second kappa shape index (κ2) is 6.78. The molecule has 0 aromatic carbocycles. The Morgan fingerprint density at radius 2 is 2.25 bits per heavy atom. The molecule has 0 aromatic heterocycles. The van der Waals surface area contributed by atoms with E-state index in [0.717, 1.165) is 30.6 Å². The van der Waals surface area contributed by atoms with Gasteiger partial charge in [-0.15, -0.1) is 0 Å². The molecule has 0 radical (unpaired) electrons. The summed E-state index contributed by atoms with van der Waals surface area (Å²) in [5.41, 5.74) is 0. The number of amidine groups is 1. The lowest BCUT2D eigenvalue weighted by molar-refractivity contribution is -0.129. The molecule has 0 saturated carbocycles. The monoisotopic (exact) mass is 243 g/mol. The first-order valence-electron chi connectivity index (χ1n) is 5.86. The van der Waals surface area contributed by atoms with Crippen molar-refractivity contribution >= 4 is 22.8 Å². The molecule has 0 aromatic rings. The molecule has 0 spiro atoms. The van der Waals surface area contributed by atoms with Crippen molar-refractivity contribution < 1.29 is 4.79 Å². The molecule has 0 fully saturated rings. The Labute approximate surface area is 102 Å². The number of carbonyl (C=O) groups excluding carboxylic acids is 1. The van der Waals surface area contributed by atoms with Crippen molar-refractivity contribution in [2.75, 3.05) is 31.9 Å². The van der Waals surface area contributed by atoms with Crippen LogP contribution in [0.25, 0.3) is 0 Å². The summed E-state index contributed by atoms with van der Waals surface area (Å²) in [4.78, 5) is 17.9. The number of aliphatic imine (C=N–C) groups is 1. The molecule has 1 amide bonds. The lowest BCUT2D eigenvalue weighted by atomic mass is 10.2. The molecule has 1 aliphatic heterocycles. The van der Waals surface area contributed by atoms with E-state index in [2.05, 4.69) is 17.2 Å². The van der Waals surface area contributed by atoms with E-state index in [9.17, 15) is 4.79 Å². The lowest BCUT2D eigenvalue weighted by Crippen LogP contribution is -2.40. The molecule has 1 unspecified atom stereocenters. The highest BCUT2D eigenvalue weighted by Gasteiger charge is 2.14. The number of hydrogen-bond donors (Lipinski definition) is 1. The van der Waals surface area contributed by atoms with E-state index >= 15 is 0 Å². The summed E-state index contributed by atoms with van der Waals surface area (Å²) in [6.45, 7) is 8.96. The van der Waals surface area contributed by atoms with E-state index in [1.807, 2.05) is 18.7 Å². The zero-order valence-corrected chi connectivity index (χ0v) is 11.1. The van der Waals surface area contributed by atoms with E-state index in [-0.39, 0.29) is 5.91 Å². The Morgan fingerprint density at radius 1 is 1.56 bits per heavy atom. The second-order valence-electron chi connectivity index (χ2n) is 3.98. The summed E-state index contributed by atoms with van der Waals surface area (Å²) < 4.78 is 0. The highest BCUT2D eigenvalue weighted by molar-refractivity contribution is 8.13. The van der Waals surface area contributed by atoms with Gasteiger partial charge in [0.15, 0.2) is 5.17 Å². The number of likely N-dealkylation sites (N-methyl/N-ethyl adjacent to an activating group) is 1. The Bertz CT molecular complexity index is 264. The summed E-state index contributed by atoms with van der Waals surface area (Å²) in [7, 11) is 0. The van der Waals surface area contributed by atoms with Gasteiger partial charge < -0.3 is 10.2 Å². The first-order chi connectivity index (χ1) is 7.67. The van der Waals surface area contributed by atoms with Gasteiger partial charge in [-0.05, 0) is 19.8 Å². The highest BCUT2D eigenvalue weighted by Crippen LogP contribution is 2.15. The number of thioether (sulfide) groups is 1. The quantitative estimate of drug-likeness (QED) is 0.806. The average molecular weight is 243 g/mol. The van der Waals surface area contributed by atoms with Gasteiger partial charge in [0.2, 0.25) is 5.91 Å². The van der Waals surface area contributed by atoms with Crippen LogP contribution in [0.4, 0.5) is 0 Å². The van der Waals surface area contributed by atoms with Gasteiger partial charge in [0.1, 0.15) is 0 Å². The Kier molecular flexibility index (Phi) is 5.66. The van der Waals surface area contributed by atoms with Crippen LogP contribution in [0.2, 0.25) is 0 Å². The van der Waals surface area contributed by atoms with Gasteiger partial charge in [-0.1, -0.05) is 18.7 Å². The van der Waals surface area contributed by atoms with E-state index in [1.165, 1.54) is 0 Å². The van der Waals surface area contributed by atoms with Gasteiger partial charge in [-0.3, -0.25) is 9.79 Å². The predicted molar refractivity (Wildman–Crippen MR) is 69.9 cm³/mol. The number of rotatable bonds is 4. The molecule has 16 heavy (non-hydrogen) atoms. The van der Waals surface area contributed by atoms with Crippen LogP contribution in [0, 0.1) is 5.92 Å². The van der Waals surface area contributed by atoms with Gasteiger partial charge >= 0.3 is 0 Å². The van der Waals surface area contributed by atoms with Crippen molar-refractivity contribution in [3.05, 3.63) is 0 Å². The SMILES string of the molecule is CCN(CC)C(=O)CNC1=NCC(C)CS1. The van der Waals surface area contributed by atoms with Crippen LogP contribution >= 0.6 is 11.8 Å². The Balaban J connectivity index is 2.31. The van der Waals surface area contributed by atoms with Crippen LogP contribution in [-0.4, -0.2) is 47.9 Å². The predicted octanol–water partition coefficient (Wildman–Crippen LogP) is 1.18. The number of amides is 1. The number of hydrogen-bond acceptors (Lipinski definition) is 4. The summed E-state index contributed by atoms with van der Waals surface area (Å²) in [6.07, 6.45) is 0. The van der Waals surface area contributed by atoms with Crippen molar-refractivity contribution in [3.8, 4) is 0 Å². The fraction of sp³-hybridized carbons (Fsp3) is 0.818. The van der Waals surface area contributed by atoms with Crippen LogP contribution in [0.5, 0.6) is 0 Å². The third kappa shape index (κ3) is 4.04. The molecule has 1 atom stereocenters. The van der Waals surface area contributed by atoms with Crippen LogP contribution < -0.4 is 5.32 Å². The van der Waals surface area contributed by atoms with Gasteiger partial charge in [0.25, 0.3) is 0 Å². The van der Waals surface area contributed by atoms with Crippen LogP contribution in [0.3, 0.4) is 0 Å². The van der Waals surface area contributed by atoms with E-state index in [4.69, 9.17) is 0 Å². The molecule has 0 bridgehead atoms. The molecule has 1 N–H and O–H groups in total. The summed E-state index contributed by atoms with van der Waals surface area (Å²) >= 11 is 1.71. The minimum atomic E-state index is 0.145. The molecular weight excluding hydrogens is 222 g/mol. The first-order valence-corrected chi connectivity index (χ1v) is 6.84. The molecular formula is C11H21N3OS. The number of carbonyl (C=O) groups is 1. The van der Waals surface area contributed by atoms with Crippen molar-refractivity contribution in [2.24, 2.45) is 10.9 Å². The largest absolute Gasteiger partial charge is 0.356 e. The zero-order chi connectivity index (χ0) is 12.0. The van der Waals surface area contributed by atoms with Crippen molar-refractivity contribution in [1.29, 1.82) is 0 Å². The van der Waals surface area contributed by atoms with Crippen molar-refractivity contribution in [3.63, 3.8) is 0 Å².